The number of anilines is 1. The highest BCUT2D eigenvalue weighted by Gasteiger charge is 2.36. The number of carboxylic acids is 1. The summed E-state index contributed by atoms with van der Waals surface area (Å²) in [6.07, 6.45) is 0. The normalized spacial score (nSPS) is 15.4. The summed E-state index contributed by atoms with van der Waals surface area (Å²) in [5.41, 5.74) is 0.461. The molecule has 6 heteroatoms. The summed E-state index contributed by atoms with van der Waals surface area (Å²) in [6.45, 7) is 3.06. The molecule has 0 saturated carbocycles. The molecule has 0 saturated heterocycles. The third-order valence-corrected chi connectivity index (χ3v) is 3.28. The van der Waals surface area contributed by atoms with E-state index >= 15 is 0 Å². The van der Waals surface area contributed by atoms with Crippen LogP contribution in [0.4, 0.5) is 5.69 Å². The summed E-state index contributed by atoms with van der Waals surface area (Å²) in [6, 6.07) is 3.96. The molecule has 1 aliphatic heterocycles. The second-order valence-corrected chi connectivity index (χ2v) is 4.60. The molecule has 2 rings (SSSR count). The molecule has 0 aromatic heterocycles. The maximum Gasteiger partial charge on any atom is 0.337 e. The number of rotatable bonds is 2. The minimum absolute atomic E-state index is 0.00815. The van der Waals surface area contributed by atoms with Gasteiger partial charge in [-0.05, 0) is 32.0 Å². The molecule has 0 atom stereocenters. The lowest BCUT2D eigenvalue weighted by Gasteiger charge is -2.17. The van der Waals surface area contributed by atoms with E-state index in [4.69, 9.17) is 16.7 Å². The first-order chi connectivity index (χ1) is 8.84. The van der Waals surface area contributed by atoms with E-state index < -0.39 is 17.8 Å². The lowest BCUT2D eigenvalue weighted by atomic mass is 10.1. The van der Waals surface area contributed by atoms with Crippen molar-refractivity contribution in [3.8, 4) is 0 Å². The number of halogens is 1. The summed E-state index contributed by atoms with van der Waals surface area (Å²) >= 11 is 5.81. The smallest absolute Gasteiger partial charge is 0.337 e. The molecule has 1 aliphatic rings. The molecule has 1 N–H and O–H groups in total. The van der Waals surface area contributed by atoms with Gasteiger partial charge in [-0.3, -0.25) is 9.59 Å². The Balaban J connectivity index is 2.61. The number of hydrogen-bond donors (Lipinski definition) is 1. The predicted octanol–water partition coefficient (Wildman–Crippen LogP) is 2.25. The molecule has 5 nitrogen and oxygen atoms in total. The van der Waals surface area contributed by atoms with E-state index in [0.717, 1.165) is 4.90 Å². The second-order valence-electron chi connectivity index (χ2n) is 4.16. The number of carbonyl (C=O) groups excluding carboxylic acids is 2. The van der Waals surface area contributed by atoms with Crippen LogP contribution in [0, 0.1) is 0 Å². The number of nitrogens with zero attached hydrogens (tertiary/aromatic N) is 1. The van der Waals surface area contributed by atoms with E-state index in [2.05, 4.69) is 0 Å². The molecule has 1 aromatic rings. The summed E-state index contributed by atoms with van der Waals surface area (Å²) in [4.78, 5) is 36.1. The van der Waals surface area contributed by atoms with E-state index in [0.29, 0.717) is 11.1 Å². The third kappa shape index (κ3) is 2.02. The first kappa shape index (κ1) is 13.3. The van der Waals surface area contributed by atoms with Gasteiger partial charge < -0.3 is 5.11 Å². The Kier molecular flexibility index (Phi) is 3.16. The Labute approximate surface area is 114 Å². The van der Waals surface area contributed by atoms with Gasteiger partial charge in [0.25, 0.3) is 11.8 Å². The Hall–Kier alpha value is -2.14. The molecular formula is C13H10ClNO4. The molecule has 0 radical (unpaired) electrons. The van der Waals surface area contributed by atoms with E-state index in [1.165, 1.54) is 32.0 Å². The lowest BCUT2D eigenvalue weighted by molar-refractivity contribution is -0.120. The van der Waals surface area contributed by atoms with E-state index in [9.17, 15) is 14.4 Å². The van der Waals surface area contributed by atoms with Crippen LogP contribution in [-0.4, -0.2) is 22.9 Å². The van der Waals surface area contributed by atoms with Gasteiger partial charge in [0, 0.05) is 16.2 Å². The molecule has 0 aliphatic carbocycles. The number of amides is 2. The van der Waals surface area contributed by atoms with Gasteiger partial charge >= 0.3 is 5.97 Å². The zero-order chi connectivity index (χ0) is 14.3. The van der Waals surface area contributed by atoms with Gasteiger partial charge in [-0.15, -0.1) is 0 Å². The number of benzene rings is 1. The lowest BCUT2D eigenvalue weighted by Crippen LogP contribution is -2.32. The zero-order valence-electron chi connectivity index (χ0n) is 10.2. The zero-order valence-corrected chi connectivity index (χ0v) is 11.0. The summed E-state index contributed by atoms with van der Waals surface area (Å²) < 4.78 is 0. The molecule has 0 fully saturated rings. The maximum absolute atomic E-state index is 12.0. The predicted molar refractivity (Wildman–Crippen MR) is 69.3 cm³/mol. The van der Waals surface area contributed by atoms with Gasteiger partial charge in [-0.2, -0.15) is 0 Å². The molecule has 0 spiro atoms. The molecule has 19 heavy (non-hydrogen) atoms. The molecular weight excluding hydrogens is 270 g/mol. The summed E-state index contributed by atoms with van der Waals surface area (Å²) in [5, 5.41) is 9.37. The van der Waals surface area contributed by atoms with Gasteiger partial charge in [0.15, 0.2) is 0 Å². The third-order valence-electron chi connectivity index (χ3n) is 3.04. The Morgan fingerprint density at radius 2 is 1.68 bits per heavy atom. The standard InChI is InChI=1S/C13H10ClNO4/c1-6-7(2)12(17)15(11(6)16)10-5-8(14)3-4-9(10)13(18)19/h3-5H,1-2H3,(H,18,19). The van der Waals surface area contributed by atoms with Crippen LogP contribution >= 0.6 is 11.6 Å². The second kappa shape index (κ2) is 4.51. The SMILES string of the molecule is CC1=C(C)C(=O)N(c2cc(Cl)ccc2C(=O)O)C1=O. The Morgan fingerprint density at radius 1 is 1.16 bits per heavy atom. The van der Waals surface area contributed by atoms with Gasteiger partial charge in [0.05, 0.1) is 11.3 Å². The van der Waals surface area contributed by atoms with E-state index in [1.807, 2.05) is 0 Å². The molecule has 1 aromatic carbocycles. The van der Waals surface area contributed by atoms with Gasteiger partial charge in [0.1, 0.15) is 0 Å². The molecule has 1 heterocycles. The van der Waals surface area contributed by atoms with Crippen molar-refractivity contribution in [3.05, 3.63) is 39.9 Å². The monoisotopic (exact) mass is 279 g/mol. The van der Waals surface area contributed by atoms with Crippen LogP contribution in [0.25, 0.3) is 0 Å². The fourth-order valence-corrected chi connectivity index (χ4v) is 2.00. The van der Waals surface area contributed by atoms with Crippen molar-refractivity contribution in [2.24, 2.45) is 0 Å². The van der Waals surface area contributed by atoms with Crippen molar-refractivity contribution < 1.29 is 19.5 Å². The summed E-state index contributed by atoms with van der Waals surface area (Å²) in [7, 11) is 0. The van der Waals surface area contributed by atoms with Gasteiger partial charge in [0.2, 0.25) is 0 Å². The number of aromatic carboxylic acids is 1. The number of imide groups is 1. The number of carbonyl (C=O) groups is 3. The van der Waals surface area contributed by atoms with Crippen LogP contribution in [0.3, 0.4) is 0 Å². The van der Waals surface area contributed by atoms with Crippen molar-refractivity contribution >= 4 is 35.1 Å². The fraction of sp³-hybridized carbons (Fsp3) is 0.154. The van der Waals surface area contributed by atoms with Gasteiger partial charge in [-0.1, -0.05) is 11.6 Å². The van der Waals surface area contributed by atoms with Crippen LogP contribution in [-0.2, 0) is 9.59 Å². The Morgan fingerprint density at radius 3 is 2.16 bits per heavy atom. The number of hydrogen-bond acceptors (Lipinski definition) is 3. The first-order valence-electron chi connectivity index (χ1n) is 5.43. The van der Waals surface area contributed by atoms with Gasteiger partial charge in [-0.25, -0.2) is 9.69 Å². The van der Waals surface area contributed by atoms with E-state index in [1.54, 1.807) is 0 Å². The van der Waals surface area contributed by atoms with Crippen LogP contribution in [0.2, 0.25) is 5.02 Å². The molecule has 0 bridgehead atoms. The van der Waals surface area contributed by atoms with Crippen LogP contribution in [0.1, 0.15) is 24.2 Å². The topological polar surface area (TPSA) is 74.7 Å². The average Bonchev–Trinajstić information content (AvgIpc) is 2.53. The first-order valence-corrected chi connectivity index (χ1v) is 5.81. The molecule has 98 valence electrons. The number of carboxylic acid groups (broad SMARTS) is 1. The van der Waals surface area contributed by atoms with Crippen molar-refractivity contribution in [3.63, 3.8) is 0 Å². The van der Waals surface area contributed by atoms with Crippen molar-refractivity contribution in [1.82, 2.24) is 0 Å². The molecule has 2 amide bonds. The average molecular weight is 280 g/mol. The highest BCUT2D eigenvalue weighted by atomic mass is 35.5. The van der Waals surface area contributed by atoms with E-state index in [-0.39, 0.29) is 16.3 Å². The molecule has 0 unspecified atom stereocenters. The Bertz CT molecular complexity index is 624. The van der Waals surface area contributed by atoms with Crippen molar-refractivity contribution in [2.45, 2.75) is 13.8 Å². The quantitative estimate of drug-likeness (QED) is 0.843. The van der Waals surface area contributed by atoms with Crippen molar-refractivity contribution in [2.75, 3.05) is 4.90 Å². The highest BCUT2D eigenvalue weighted by Crippen LogP contribution is 2.31. The minimum atomic E-state index is -1.23. The van der Waals surface area contributed by atoms with Crippen LogP contribution in [0.15, 0.2) is 29.3 Å². The minimum Gasteiger partial charge on any atom is -0.478 e. The maximum atomic E-state index is 12.0. The highest BCUT2D eigenvalue weighted by molar-refractivity contribution is 6.35. The van der Waals surface area contributed by atoms with Crippen LogP contribution in [0.5, 0.6) is 0 Å². The largest absolute Gasteiger partial charge is 0.478 e. The summed E-state index contributed by atoms with van der Waals surface area (Å²) in [5.74, 6) is -2.27. The fourth-order valence-electron chi connectivity index (χ4n) is 1.84. The van der Waals surface area contributed by atoms with Crippen molar-refractivity contribution in [1.29, 1.82) is 0 Å². The van der Waals surface area contributed by atoms with Crippen LogP contribution < -0.4 is 4.90 Å².